The normalized spacial score (nSPS) is 9.50. The summed E-state index contributed by atoms with van der Waals surface area (Å²) >= 11 is 4.77. The summed E-state index contributed by atoms with van der Waals surface area (Å²) in [5.41, 5.74) is 1.93. The quantitative estimate of drug-likeness (QED) is 0.560. The Morgan fingerprint density at radius 2 is 2.07 bits per heavy atom. The molecule has 1 rings (SSSR count). The minimum absolute atomic E-state index is 0.192. The third kappa shape index (κ3) is 3.26. The van der Waals surface area contributed by atoms with Gasteiger partial charge in [-0.25, -0.2) is 0 Å². The maximum absolute atomic E-state index is 11.1. The van der Waals surface area contributed by atoms with Crippen molar-refractivity contribution in [2.45, 2.75) is 13.3 Å². The van der Waals surface area contributed by atoms with Crippen LogP contribution < -0.4 is 0 Å². The first-order valence-corrected chi connectivity index (χ1v) is 4.93. The third-order valence-electron chi connectivity index (χ3n) is 1.77. The van der Waals surface area contributed by atoms with Crippen molar-refractivity contribution in [1.82, 2.24) is 0 Å². The summed E-state index contributed by atoms with van der Waals surface area (Å²) in [5, 5.41) is 1.61. The zero-order valence-corrected chi connectivity index (χ0v) is 8.84. The minimum Gasteiger partial charge on any atom is -0.466 e. The third-order valence-corrected chi connectivity index (χ3v) is 2.04. The second-order valence-corrected chi connectivity index (χ2v) is 3.08. The summed E-state index contributed by atoms with van der Waals surface area (Å²) in [6.45, 7) is 2.23. The highest BCUT2D eigenvalue weighted by Gasteiger charge is 2.02. The van der Waals surface area contributed by atoms with Crippen LogP contribution in [-0.4, -0.2) is 17.9 Å². The van der Waals surface area contributed by atoms with Crippen molar-refractivity contribution in [3.8, 4) is 0 Å². The van der Waals surface area contributed by atoms with Crippen LogP contribution in [0.3, 0.4) is 0 Å². The summed E-state index contributed by atoms with van der Waals surface area (Å²) in [7, 11) is 0. The van der Waals surface area contributed by atoms with E-state index in [9.17, 15) is 4.79 Å². The molecule has 0 saturated heterocycles. The van der Waals surface area contributed by atoms with E-state index in [-0.39, 0.29) is 5.97 Å². The first-order chi connectivity index (χ1) is 6.76. The van der Waals surface area contributed by atoms with E-state index in [4.69, 9.17) is 17.0 Å². The fourth-order valence-electron chi connectivity index (χ4n) is 1.09. The Bertz CT molecular complexity index is 317. The van der Waals surface area contributed by atoms with E-state index in [2.05, 4.69) is 0 Å². The van der Waals surface area contributed by atoms with Crippen molar-refractivity contribution in [3.63, 3.8) is 0 Å². The molecule has 0 heterocycles. The Hall–Kier alpha value is -1.22. The summed E-state index contributed by atoms with van der Waals surface area (Å²) in [6.07, 6.45) is 0.325. The standard InChI is InChI=1S/C11H12O2S/c1-2-13-11(12)7-9-3-5-10(8-14)6-4-9/h3-6,8H,2,7H2,1H3. The van der Waals surface area contributed by atoms with Gasteiger partial charge in [0.25, 0.3) is 0 Å². The van der Waals surface area contributed by atoms with E-state index in [0.717, 1.165) is 11.1 Å². The molecule has 0 fully saturated rings. The lowest BCUT2D eigenvalue weighted by Gasteiger charge is -2.01. The molecule has 0 unspecified atom stereocenters. The molecule has 1 aromatic carbocycles. The Kier molecular flexibility index (Phi) is 4.26. The molecule has 0 atom stereocenters. The molecule has 0 aliphatic rings. The minimum atomic E-state index is -0.192. The van der Waals surface area contributed by atoms with Crippen molar-refractivity contribution in [1.29, 1.82) is 0 Å². The summed E-state index contributed by atoms with van der Waals surface area (Å²) in [6, 6.07) is 7.55. The van der Waals surface area contributed by atoms with E-state index in [1.807, 2.05) is 24.3 Å². The molecule has 0 radical (unpaired) electrons. The summed E-state index contributed by atoms with van der Waals surface area (Å²) in [4.78, 5) is 11.1. The molecule has 74 valence electrons. The molecule has 0 N–H and O–H groups in total. The van der Waals surface area contributed by atoms with Crippen molar-refractivity contribution < 1.29 is 9.53 Å². The number of carbonyl (C=O) groups excluding carboxylic acids is 1. The van der Waals surface area contributed by atoms with Crippen molar-refractivity contribution >= 4 is 23.6 Å². The number of esters is 1. The second-order valence-electron chi connectivity index (χ2n) is 2.84. The monoisotopic (exact) mass is 208 g/mol. The number of thiocarbonyl (C=S) groups is 1. The van der Waals surface area contributed by atoms with Crippen LogP contribution in [0.2, 0.25) is 0 Å². The van der Waals surface area contributed by atoms with Crippen molar-refractivity contribution in [3.05, 3.63) is 35.4 Å². The van der Waals surface area contributed by atoms with Gasteiger partial charge in [0.05, 0.1) is 13.0 Å². The van der Waals surface area contributed by atoms with Gasteiger partial charge < -0.3 is 4.74 Å². The fraction of sp³-hybridized carbons (Fsp3) is 0.273. The van der Waals surface area contributed by atoms with Gasteiger partial charge in [0.2, 0.25) is 0 Å². The number of ether oxygens (including phenoxy) is 1. The molecule has 0 aromatic heterocycles. The van der Waals surface area contributed by atoms with E-state index >= 15 is 0 Å². The molecule has 0 aliphatic heterocycles. The topological polar surface area (TPSA) is 26.3 Å². The first-order valence-electron chi connectivity index (χ1n) is 4.46. The van der Waals surface area contributed by atoms with E-state index < -0.39 is 0 Å². The van der Waals surface area contributed by atoms with Crippen molar-refractivity contribution in [2.24, 2.45) is 0 Å². The van der Waals surface area contributed by atoms with Crippen LogP contribution in [0.5, 0.6) is 0 Å². The SMILES string of the molecule is CCOC(=O)Cc1ccc(C=S)cc1. The molecule has 14 heavy (non-hydrogen) atoms. The molecule has 0 spiro atoms. The van der Waals surface area contributed by atoms with E-state index in [0.29, 0.717) is 13.0 Å². The number of hydrogen-bond donors (Lipinski definition) is 0. The number of benzene rings is 1. The largest absolute Gasteiger partial charge is 0.466 e. The molecule has 1 aromatic rings. The van der Waals surface area contributed by atoms with Crippen LogP contribution in [0.1, 0.15) is 18.1 Å². The first kappa shape index (κ1) is 10.9. The molecular formula is C11H12O2S. The van der Waals surface area contributed by atoms with Gasteiger partial charge >= 0.3 is 5.97 Å². The lowest BCUT2D eigenvalue weighted by atomic mass is 10.1. The Balaban J connectivity index is 2.59. The van der Waals surface area contributed by atoms with Crippen LogP contribution in [0.25, 0.3) is 0 Å². The van der Waals surface area contributed by atoms with Gasteiger partial charge in [-0.2, -0.15) is 0 Å². The molecule has 0 amide bonds. The zero-order valence-electron chi connectivity index (χ0n) is 8.03. The van der Waals surface area contributed by atoms with Gasteiger partial charge in [-0.3, -0.25) is 4.79 Å². The number of hydrogen-bond acceptors (Lipinski definition) is 3. The van der Waals surface area contributed by atoms with Crippen LogP contribution in [0, 0.1) is 0 Å². The maximum atomic E-state index is 11.1. The Morgan fingerprint density at radius 1 is 1.43 bits per heavy atom. The highest BCUT2D eigenvalue weighted by Crippen LogP contribution is 2.04. The average Bonchev–Trinajstić information content (AvgIpc) is 2.19. The Morgan fingerprint density at radius 3 is 2.57 bits per heavy atom. The van der Waals surface area contributed by atoms with Gasteiger partial charge in [-0.1, -0.05) is 36.5 Å². The number of carbonyl (C=O) groups is 1. The van der Waals surface area contributed by atoms with E-state index in [1.54, 1.807) is 12.3 Å². The fourth-order valence-corrected chi connectivity index (χ4v) is 1.25. The van der Waals surface area contributed by atoms with Crippen LogP contribution in [0.4, 0.5) is 0 Å². The maximum Gasteiger partial charge on any atom is 0.310 e. The molecule has 3 heteroatoms. The van der Waals surface area contributed by atoms with E-state index in [1.165, 1.54) is 0 Å². The average molecular weight is 208 g/mol. The molecule has 0 bridgehead atoms. The van der Waals surface area contributed by atoms with Gasteiger partial charge in [0.15, 0.2) is 0 Å². The molecule has 0 saturated carbocycles. The van der Waals surface area contributed by atoms with Gasteiger partial charge in [-0.15, -0.1) is 0 Å². The highest BCUT2D eigenvalue weighted by atomic mass is 32.1. The molecular weight excluding hydrogens is 196 g/mol. The van der Waals surface area contributed by atoms with Gasteiger partial charge in [0, 0.05) is 5.37 Å². The van der Waals surface area contributed by atoms with Crippen LogP contribution >= 0.6 is 12.2 Å². The zero-order chi connectivity index (χ0) is 10.4. The second kappa shape index (κ2) is 5.50. The molecule has 2 nitrogen and oxygen atoms in total. The Labute approximate surface area is 88.9 Å². The lowest BCUT2D eigenvalue weighted by Crippen LogP contribution is -2.07. The summed E-state index contributed by atoms with van der Waals surface area (Å²) < 4.78 is 4.84. The van der Waals surface area contributed by atoms with Crippen molar-refractivity contribution in [2.75, 3.05) is 6.61 Å². The smallest absolute Gasteiger partial charge is 0.310 e. The number of rotatable bonds is 4. The lowest BCUT2D eigenvalue weighted by molar-refractivity contribution is -0.142. The predicted molar refractivity (Wildman–Crippen MR) is 59.5 cm³/mol. The highest BCUT2D eigenvalue weighted by molar-refractivity contribution is 7.79. The summed E-state index contributed by atoms with van der Waals surface area (Å²) in [5.74, 6) is -0.192. The van der Waals surface area contributed by atoms with Crippen LogP contribution in [0.15, 0.2) is 24.3 Å². The van der Waals surface area contributed by atoms with Gasteiger partial charge in [0.1, 0.15) is 0 Å². The van der Waals surface area contributed by atoms with Gasteiger partial charge in [-0.05, 0) is 18.1 Å². The van der Waals surface area contributed by atoms with Crippen LogP contribution in [-0.2, 0) is 16.0 Å². The predicted octanol–water partition coefficient (Wildman–Crippen LogP) is 2.14. The molecule has 0 aliphatic carbocycles.